The Hall–Kier alpha value is -2.39. The second-order valence-corrected chi connectivity index (χ2v) is 10.5. The molecule has 1 N–H and O–H groups in total. The van der Waals surface area contributed by atoms with Gasteiger partial charge < -0.3 is 10.2 Å². The Balaban J connectivity index is 2.35. The van der Waals surface area contributed by atoms with Crippen LogP contribution in [0.25, 0.3) is 0 Å². The summed E-state index contributed by atoms with van der Waals surface area (Å²) in [4.78, 5) is 27.4. The van der Waals surface area contributed by atoms with Gasteiger partial charge in [-0.1, -0.05) is 47.1 Å². The van der Waals surface area contributed by atoms with Crippen molar-refractivity contribution in [1.29, 1.82) is 0 Å². The van der Waals surface area contributed by atoms with Crippen molar-refractivity contribution in [1.82, 2.24) is 10.2 Å². The third-order valence-corrected chi connectivity index (χ3v) is 6.62. The van der Waals surface area contributed by atoms with E-state index in [9.17, 15) is 18.0 Å². The number of rotatable bonds is 10. The van der Waals surface area contributed by atoms with Crippen LogP contribution in [0.3, 0.4) is 0 Å². The summed E-state index contributed by atoms with van der Waals surface area (Å²) in [5.41, 5.74) is 2.12. The maximum absolute atomic E-state index is 13.4. The van der Waals surface area contributed by atoms with Crippen LogP contribution in [-0.4, -0.2) is 50.5 Å². The summed E-state index contributed by atoms with van der Waals surface area (Å²) in [6.45, 7) is 5.73. The number of hydrogen-bond acceptors (Lipinski definition) is 4. The third-order valence-electron chi connectivity index (χ3n) is 4.95. The molecule has 0 saturated carbocycles. The summed E-state index contributed by atoms with van der Waals surface area (Å²) >= 11 is 3.39. The van der Waals surface area contributed by atoms with Crippen LogP contribution in [0.15, 0.2) is 53.0 Å². The van der Waals surface area contributed by atoms with Gasteiger partial charge in [0.1, 0.15) is 12.6 Å². The van der Waals surface area contributed by atoms with Crippen LogP contribution in [0.5, 0.6) is 0 Å². The molecule has 2 amide bonds. The molecule has 32 heavy (non-hydrogen) atoms. The average Bonchev–Trinajstić information content (AvgIpc) is 2.73. The van der Waals surface area contributed by atoms with Gasteiger partial charge in [0.2, 0.25) is 21.8 Å². The van der Waals surface area contributed by atoms with Crippen molar-refractivity contribution < 1.29 is 18.0 Å². The molecule has 0 aliphatic carbocycles. The van der Waals surface area contributed by atoms with E-state index in [-0.39, 0.29) is 12.5 Å². The van der Waals surface area contributed by atoms with Crippen LogP contribution in [0.4, 0.5) is 5.69 Å². The Morgan fingerprint density at radius 2 is 1.78 bits per heavy atom. The van der Waals surface area contributed by atoms with Gasteiger partial charge in [-0.3, -0.25) is 13.9 Å². The Labute approximate surface area is 199 Å². The van der Waals surface area contributed by atoms with Crippen LogP contribution in [0, 0.1) is 6.92 Å². The number of benzene rings is 2. The largest absolute Gasteiger partial charge is 0.354 e. The van der Waals surface area contributed by atoms with Gasteiger partial charge in [-0.15, -0.1) is 0 Å². The Kier molecular flexibility index (Phi) is 9.27. The number of nitrogens with zero attached hydrogens (tertiary/aromatic N) is 2. The molecule has 7 nitrogen and oxygen atoms in total. The van der Waals surface area contributed by atoms with E-state index in [1.807, 2.05) is 44.2 Å². The van der Waals surface area contributed by atoms with E-state index in [2.05, 4.69) is 21.2 Å². The zero-order valence-corrected chi connectivity index (χ0v) is 21.2. The highest BCUT2D eigenvalue weighted by Crippen LogP contribution is 2.20. The van der Waals surface area contributed by atoms with Crippen molar-refractivity contribution in [3.63, 3.8) is 0 Å². The lowest BCUT2D eigenvalue weighted by atomic mass is 10.1. The molecule has 0 fully saturated rings. The molecular weight excluding hydrogens is 494 g/mol. The summed E-state index contributed by atoms with van der Waals surface area (Å²) < 4.78 is 27.0. The second kappa shape index (κ2) is 11.5. The molecule has 0 saturated heterocycles. The molecule has 0 heterocycles. The molecule has 1 unspecified atom stereocenters. The van der Waals surface area contributed by atoms with Gasteiger partial charge >= 0.3 is 0 Å². The molecule has 0 spiro atoms. The topological polar surface area (TPSA) is 86.8 Å². The summed E-state index contributed by atoms with van der Waals surface area (Å²) in [7, 11) is -3.72. The normalized spacial score (nSPS) is 12.2. The molecular formula is C23H30BrN3O4S. The Morgan fingerprint density at radius 3 is 2.34 bits per heavy atom. The van der Waals surface area contributed by atoms with Crippen LogP contribution in [0.2, 0.25) is 0 Å². The molecule has 2 aromatic rings. The first-order chi connectivity index (χ1) is 15.0. The van der Waals surface area contributed by atoms with Gasteiger partial charge in [-0.2, -0.15) is 0 Å². The minimum absolute atomic E-state index is 0.179. The third kappa shape index (κ3) is 7.34. The molecule has 0 aromatic heterocycles. The van der Waals surface area contributed by atoms with Crippen LogP contribution < -0.4 is 9.62 Å². The van der Waals surface area contributed by atoms with Gasteiger partial charge in [0.15, 0.2) is 0 Å². The molecule has 0 radical (unpaired) electrons. The quantitative estimate of drug-likeness (QED) is 0.516. The standard InChI is InChI=1S/C23H30BrN3O4S/c1-5-13-25-23(29)18(3)26(15-19-9-11-20(24)12-10-19)22(28)16-27(32(4,30)31)21-8-6-7-17(2)14-21/h6-12,14,18H,5,13,15-16H2,1-4H3,(H,25,29). The summed E-state index contributed by atoms with van der Waals surface area (Å²) in [5, 5.41) is 2.81. The average molecular weight is 524 g/mol. The minimum atomic E-state index is -3.72. The fourth-order valence-corrected chi connectivity index (χ4v) is 4.27. The highest BCUT2D eigenvalue weighted by Gasteiger charge is 2.30. The number of hydrogen-bond donors (Lipinski definition) is 1. The zero-order valence-electron chi connectivity index (χ0n) is 18.8. The fraction of sp³-hybridized carbons (Fsp3) is 0.391. The Bertz CT molecular complexity index is 1040. The van der Waals surface area contributed by atoms with E-state index in [0.29, 0.717) is 12.2 Å². The van der Waals surface area contributed by atoms with Gasteiger partial charge in [0.25, 0.3) is 0 Å². The first-order valence-electron chi connectivity index (χ1n) is 10.4. The van der Waals surface area contributed by atoms with Gasteiger partial charge in [0.05, 0.1) is 11.9 Å². The fourth-order valence-electron chi connectivity index (χ4n) is 3.16. The van der Waals surface area contributed by atoms with E-state index in [0.717, 1.165) is 32.6 Å². The van der Waals surface area contributed by atoms with E-state index in [1.165, 1.54) is 4.90 Å². The van der Waals surface area contributed by atoms with Gasteiger partial charge in [-0.05, 0) is 55.7 Å². The summed E-state index contributed by atoms with van der Waals surface area (Å²) in [6, 6.07) is 13.6. The smallest absolute Gasteiger partial charge is 0.244 e. The number of anilines is 1. The molecule has 174 valence electrons. The van der Waals surface area contributed by atoms with E-state index in [4.69, 9.17) is 0 Å². The Morgan fingerprint density at radius 1 is 1.12 bits per heavy atom. The first kappa shape index (κ1) is 25.9. The van der Waals surface area contributed by atoms with Crippen molar-refractivity contribution in [3.8, 4) is 0 Å². The SMILES string of the molecule is CCCNC(=O)C(C)N(Cc1ccc(Br)cc1)C(=O)CN(c1cccc(C)c1)S(C)(=O)=O. The van der Waals surface area contributed by atoms with E-state index < -0.39 is 28.5 Å². The number of carbonyl (C=O) groups excluding carboxylic acids is 2. The predicted octanol–water partition coefficient (Wildman–Crippen LogP) is 3.47. The van der Waals surface area contributed by atoms with E-state index in [1.54, 1.807) is 25.1 Å². The number of halogens is 1. The summed E-state index contributed by atoms with van der Waals surface area (Å²) in [6.07, 6.45) is 1.84. The lowest BCUT2D eigenvalue weighted by Gasteiger charge is -2.31. The maximum Gasteiger partial charge on any atom is 0.244 e. The summed E-state index contributed by atoms with van der Waals surface area (Å²) in [5.74, 6) is -0.738. The first-order valence-corrected chi connectivity index (χ1v) is 13.0. The number of nitrogens with one attached hydrogen (secondary N) is 1. The molecule has 2 aromatic carbocycles. The number of amides is 2. The second-order valence-electron chi connectivity index (χ2n) is 7.72. The lowest BCUT2D eigenvalue weighted by Crippen LogP contribution is -2.51. The number of aryl methyl sites for hydroxylation is 1. The van der Waals surface area contributed by atoms with Crippen molar-refractivity contribution in [2.45, 2.75) is 39.8 Å². The monoisotopic (exact) mass is 523 g/mol. The zero-order chi connectivity index (χ0) is 23.9. The van der Waals surface area contributed by atoms with Crippen molar-refractivity contribution in [3.05, 3.63) is 64.1 Å². The predicted molar refractivity (Wildman–Crippen MR) is 131 cm³/mol. The molecule has 0 aliphatic heterocycles. The molecule has 0 aliphatic rings. The van der Waals surface area contributed by atoms with Crippen LogP contribution in [0.1, 0.15) is 31.4 Å². The van der Waals surface area contributed by atoms with Crippen molar-refractivity contribution in [2.24, 2.45) is 0 Å². The van der Waals surface area contributed by atoms with Crippen molar-refractivity contribution in [2.75, 3.05) is 23.7 Å². The van der Waals surface area contributed by atoms with E-state index >= 15 is 0 Å². The highest BCUT2D eigenvalue weighted by atomic mass is 79.9. The molecule has 1 atom stereocenters. The highest BCUT2D eigenvalue weighted by molar-refractivity contribution is 9.10. The molecule has 2 rings (SSSR count). The number of carbonyl (C=O) groups is 2. The minimum Gasteiger partial charge on any atom is -0.354 e. The van der Waals surface area contributed by atoms with Crippen LogP contribution >= 0.6 is 15.9 Å². The molecule has 9 heteroatoms. The van der Waals surface area contributed by atoms with Gasteiger partial charge in [0, 0.05) is 17.6 Å². The number of sulfonamides is 1. The van der Waals surface area contributed by atoms with Gasteiger partial charge in [-0.25, -0.2) is 8.42 Å². The van der Waals surface area contributed by atoms with Crippen molar-refractivity contribution >= 4 is 43.5 Å². The van der Waals surface area contributed by atoms with Crippen LogP contribution in [-0.2, 0) is 26.2 Å². The molecule has 0 bridgehead atoms. The lowest BCUT2D eigenvalue weighted by molar-refractivity contribution is -0.139. The maximum atomic E-state index is 13.4.